The number of rotatable bonds is 15. The van der Waals surface area contributed by atoms with Crippen molar-refractivity contribution in [1.29, 1.82) is 0 Å². The summed E-state index contributed by atoms with van der Waals surface area (Å²) < 4.78 is 21.4. The molecule has 43 heavy (non-hydrogen) atoms. The van der Waals surface area contributed by atoms with Gasteiger partial charge in [-0.3, -0.25) is 4.79 Å². The maximum Gasteiger partial charge on any atom is 0.364 e. The first kappa shape index (κ1) is 37.2. The topological polar surface area (TPSA) is 343 Å². The number of hydrogen-bond donors (Lipinski definition) is 13. The van der Waals surface area contributed by atoms with Gasteiger partial charge in [0, 0.05) is 13.3 Å². The molecule has 2 rings (SSSR count). The number of aliphatic carboxylic acids is 1. The molecule has 15 unspecified atom stereocenters. The average molecular weight is 634 g/mol. The smallest absolute Gasteiger partial charge is 0.364 e. The van der Waals surface area contributed by atoms with Crippen LogP contribution in [0.25, 0.3) is 0 Å². The van der Waals surface area contributed by atoms with Gasteiger partial charge in [-0.05, 0) is 0 Å². The van der Waals surface area contributed by atoms with Gasteiger partial charge in [-0.2, -0.15) is 0 Å². The van der Waals surface area contributed by atoms with Crippen LogP contribution >= 0.6 is 0 Å². The van der Waals surface area contributed by atoms with Gasteiger partial charge in [-0.15, -0.1) is 0 Å². The summed E-state index contributed by atoms with van der Waals surface area (Å²) in [6.45, 7) is -2.09. The van der Waals surface area contributed by atoms with Crippen LogP contribution in [0, 0.1) is 0 Å². The Morgan fingerprint density at radius 2 is 1.60 bits per heavy atom. The molecule has 0 spiro atoms. The van der Waals surface area contributed by atoms with Crippen molar-refractivity contribution in [2.24, 2.45) is 0 Å². The monoisotopic (exact) mass is 633 g/mol. The highest BCUT2D eigenvalue weighted by Gasteiger charge is 2.57. The number of carboxylic acid groups (broad SMARTS) is 1. The molecule has 0 aromatic heterocycles. The molecule has 15 atom stereocenters. The third kappa shape index (κ3) is 8.59. The zero-order chi connectivity index (χ0) is 32.8. The number of amides is 1. The largest absolute Gasteiger partial charge is 0.477 e. The van der Waals surface area contributed by atoms with E-state index in [-0.39, 0.29) is 6.29 Å². The highest BCUT2D eigenvalue weighted by atomic mass is 16.7. The molecule has 0 bridgehead atoms. The third-order valence-electron chi connectivity index (χ3n) is 7.02. The second-order valence-electron chi connectivity index (χ2n) is 10.2. The van der Waals surface area contributed by atoms with Crippen molar-refractivity contribution >= 4 is 18.2 Å². The van der Waals surface area contributed by atoms with Crippen LogP contribution in [0.4, 0.5) is 0 Å². The lowest BCUT2D eigenvalue weighted by Gasteiger charge is -2.47. The van der Waals surface area contributed by atoms with Gasteiger partial charge in [0.05, 0.1) is 32.0 Å². The number of hydrogen-bond acceptors (Lipinski definition) is 18. The fourth-order valence-corrected chi connectivity index (χ4v) is 4.59. The first-order valence-corrected chi connectivity index (χ1v) is 13.0. The lowest BCUT2D eigenvalue weighted by Crippen LogP contribution is -2.68. The normalized spacial score (nSPS) is 37.4. The van der Waals surface area contributed by atoms with Crippen LogP contribution in [0.2, 0.25) is 0 Å². The molecule has 0 aliphatic carbocycles. The second-order valence-corrected chi connectivity index (χ2v) is 10.2. The van der Waals surface area contributed by atoms with Gasteiger partial charge >= 0.3 is 5.97 Å². The van der Waals surface area contributed by atoms with Crippen molar-refractivity contribution in [1.82, 2.24) is 5.32 Å². The first-order valence-electron chi connectivity index (χ1n) is 13.0. The van der Waals surface area contributed by atoms with Crippen molar-refractivity contribution in [3.63, 3.8) is 0 Å². The average Bonchev–Trinajstić information content (AvgIpc) is 2.97. The highest BCUT2D eigenvalue weighted by Crippen LogP contribution is 2.35. The number of carbonyl (C=O) groups excluding carboxylic acids is 2. The highest BCUT2D eigenvalue weighted by molar-refractivity contribution is 5.76. The predicted molar refractivity (Wildman–Crippen MR) is 131 cm³/mol. The summed E-state index contributed by atoms with van der Waals surface area (Å²) in [5.41, 5.74) is 0. The summed E-state index contributed by atoms with van der Waals surface area (Å²) in [5, 5.41) is 123. The van der Waals surface area contributed by atoms with Gasteiger partial charge in [-0.1, -0.05) is 0 Å². The Bertz CT molecular complexity index is 927. The summed E-state index contributed by atoms with van der Waals surface area (Å²) >= 11 is 0. The van der Waals surface area contributed by atoms with E-state index < -0.39 is 129 Å². The van der Waals surface area contributed by atoms with Gasteiger partial charge in [0.2, 0.25) is 5.91 Å². The van der Waals surface area contributed by atoms with Crippen LogP contribution in [0.5, 0.6) is 0 Å². The van der Waals surface area contributed by atoms with Crippen LogP contribution in [0.15, 0.2) is 0 Å². The van der Waals surface area contributed by atoms with Crippen molar-refractivity contribution in [3.05, 3.63) is 0 Å². The molecule has 2 saturated heterocycles. The van der Waals surface area contributed by atoms with E-state index in [1.165, 1.54) is 0 Å². The molecule has 2 fully saturated rings. The molecule has 0 radical (unpaired) electrons. The number of carboxylic acids is 1. The fraction of sp³-hybridized carbons (Fsp3) is 0.870. The molecule has 13 N–H and O–H groups in total. The zero-order valence-electron chi connectivity index (χ0n) is 22.7. The van der Waals surface area contributed by atoms with Crippen molar-refractivity contribution in [2.45, 2.75) is 105 Å². The Balaban J connectivity index is 2.33. The Hall–Kier alpha value is -1.99. The van der Waals surface area contributed by atoms with Crippen molar-refractivity contribution in [3.8, 4) is 0 Å². The summed E-state index contributed by atoms with van der Waals surface area (Å²) in [7, 11) is 0. The number of aliphatic hydroxyl groups excluding tert-OH is 11. The third-order valence-corrected chi connectivity index (χ3v) is 7.02. The minimum absolute atomic E-state index is 0.122. The Morgan fingerprint density at radius 3 is 2.12 bits per heavy atom. The summed E-state index contributed by atoms with van der Waals surface area (Å²) in [6.07, 6.45) is -27.1. The Kier molecular flexibility index (Phi) is 13.7. The molecule has 0 aromatic rings. The minimum atomic E-state index is -2.87. The number of ether oxygens (including phenoxy) is 4. The standard InChI is InChI=1S/C23H39NO19/c1-7(28)24-13-8(29)2-23(22(38)39,43-20(13)15(34)10(31)4-26)40-6-12-16(35)17(36)18(37)21(41-12)42-19(11(32)5-27)14(33)9(30)3-25/h3,8-21,26-27,29-37H,2,4-6H2,1H3,(H,24,28)(H,38,39). The van der Waals surface area contributed by atoms with Crippen LogP contribution in [0.3, 0.4) is 0 Å². The maximum atomic E-state index is 12.3. The molecular formula is C23H39NO19. The first-order chi connectivity index (χ1) is 20.0. The van der Waals surface area contributed by atoms with Crippen LogP contribution in [0.1, 0.15) is 13.3 Å². The van der Waals surface area contributed by atoms with Crippen LogP contribution < -0.4 is 5.32 Å². The summed E-state index contributed by atoms with van der Waals surface area (Å²) in [6, 6.07) is -1.50. The molecular weight excluding hydrogens is 594 g/mol. The molecule has 2 heterocycles. The van der Waals surface area contributed by atoms with Gasteiger partial charge in [-0.25, -0.2) is 4.79 Å². The SMILES string of the molecule is CC(=O)NC1C(O)CC(OCC2OC(OC(C(O)CO)C(O)C(O)C=O)C(O)C(O)C2O)(C(=O)O)OC1C(O)C(O)CO. The number of aliphatic hydroxyl groups is 11. The van der Waals surface area contributed by atoms with Crippen LogP contribution in [-0.2, 0) is 33.3 Å². The number of nitrogens with one attached hydrogen (secondary N) is 1. The van der Waals surface area contributed by atoms with E-state index in [0.717, 1.165) is 6.92 Å². The second kappa shape index (κ2) is 15.8. The van der Waals surface area contributed by atoms with E-state index in [1.807, 2.05) is 0 Å². The van der Waals surface area contributed by atoms with Gasteiger partial charge in [0.25, 0.3) is 5.79 Å². The van der Waals surface area contributed by atoms with Crippen molar-refractivity contribution in [2.75, 3.05) is 19.8 Å². The van der Waals surface area contributed by atoms with E-state index in [4.69, 9.17) is 18.9 Å². The van der Waals surface area contributed by atoms with E-state index in [1.54, 1.807) is 0 Å². The molecule has 0 aromatic carbocycles. The predicted octanol–water partition coefficient (Wildman–Crippen LogP) is -8.38. The Labute approximate surface area is 243 Å². The lowest BCUT2D eigenvalue weighted by atomic mass is 9.88. The minimum Gasteiger partial charge on any atom is -0.477 e. The fourth-order valence-electron chi connectivity index (χ4n) is 4.59. The maximum absolute atomic E-state index is 12.3. The molecule has 20 heteroatoms. The molecule has 20 nitrogen and oxygen atoms in total. The summed E-state index contributed by atoms with van der Waals surface area (Å²) in [5.74, 6) is -5.51. The van der Waals surface area contributed by atoms with Crippen molar-refractivity contribution < 1.29 is 94.6 Å². The van der Waals surface area contributed by atoms with E-state index >= 15 is 0 Å². The lowest BCUT2D eigenvalue weighted by molar-refractivity contribution is -0.348. The van der Waals surface area contributed by atoms with Gasteiger partial charge in [0.1, 0.15) is 67.1 Å². The molecule has 250 valence electrons. The van der Waals surface area contributed by atoms with E-state index in [0.29, 0.717) is 0 Å². The van der Waals surface area contributed by atoms with E-state index in [9.17, 15) is 75.7 Å². The van der Waals surface area contributed by atoms with Crippen LogP contribution in [-0.4, -0.2) is 191 Å². The molecule has 1 amide bonds. The Morgan fingerprint density at radius 1 is 1.00 bits per heavy atom. The van der Waals surface area contributed by atoms with Gasteiger partial charge < -0.3 is 90.3 Å². The van der Waals surface area contributed by atoms with Gasteiger partial charge in [0.15, 0.2) is 12.6 Å². The number of carbonyl (C=O) groups is 3. The summed E-state index contributed by atoms with van der Waals surface area (Å²) in [4.78, 5) is 34.9. The quantitative estimate of drug-likeness (QED) is 0.0744. The van der Waals surface area contributed by atoms with E-state index in [2.05, 4.69) is 5.32 Å². The number of aldehydes is 1. The molecule has 2 aliphatic rings. The zero-order valence-corrected chi connectivity index (χ0v) is 22.7. The molecule has 2 aliphatic heterocycles. The molecule has 0 saturated carbocycles.